The van der Waals surface area contributed by atoms with Crippen molar-refractivity contribution in [2.45, 2.75) is 19.1 Å². The van der Waals surface area contributed by atoms with E-state index in [0.717, 1.165) is 0 Å². The molecule has 2 aromatic carbocycles. The molecule has 2 atom stereocenters. The molecule has 4 nitrogen and oxygen atoms in total. The lowest BCUT2D eigenvalue weighted by Crippen LogP contribution is -2.37. The van der Waals surface area contributed by atoms with Gasteiger partial charge in [0.1, 0.15) is 11.6 Å². The standard InChI is InChI=1S/C17H17ClFNO3/c1-10(16(21)11-3-6-13(19)7-4-11)20-17(22)14-9-12(18)5-8-15(14)23-2/h3-10,16,21H,1-2H3,(H,20,22). The number of aliphatic hydroxyl groups excluding tert-OH is 1. The molecule has 0 bridgehead atoms. The van der Waals surface area contributed by atoms with Crippen molar-refractivity contribution in [3.05, 3.63) is 64.4 Å². The Kier molecular flexibility index (Phi) is 5.58. The van der Waals surface area contributed by atoms with Crippen LogP contribution in [0.25, 0.3) is 0 Å². The summed E-state index contributed by atoms with van der Waals surface area (Å²) in [4.78, 5) is 12.4. The average Bonchev–Trinajstić information content (AvgIpc) is 2.54. The molecule has 1 amide bonds. The number of carbonyl (C=O) groups excluding carboxylic acids is 1. The fraction of sp³-hybridized carbons (Fsp3) is 0.235. The molecule has 0 aromatic heterocycles. The van der Waals surface area contributed by atoms with Crippen LogP contribution in [0, 0.1) is 5.82 Å². The van der Waals surface area contributed by atoms with Crippen LogP contribution in [0.5, 0.6) is 5.75 Å². The van der Waals surface area contributed by atoms with Crippen LogP contribution in [-0.2, 0) is 0 Å². The number of hydrogen-bond donors (Lipinski definition) is 2. The Labute approximate surface area is 138 Å². The van der Waals surface area contributed by atoms with E-state index < -0.39 is 18.1 Å². The van der Waals surface area contributed by atoms with E-state index in [9.17, 15) is 14.3 Å². The third-order valence-corrected chi connectivity index (χ3v) is 3.69. The van der Waals surface area contributed by atoms with Crippen molar-refractivity contribution < 1.29 is 19.0 Å². The Bertz CT molecular complexity index is 691. The zero-order valence-corrected chi connectivity index (χ0v) is 13.5. The SMILES string of the molecule is COc1ccc(Cl)cc1C(=O)NC(C)C(O)c1ccc(F)cc1. The molecule has 0 saturated carbocycles. The molecule has 0 saturated heterocycles. The fourth-order valence-corrected chi connectivity index (χ4v) is 2.34. The van der Waals surface area contributed by atoms with Crippen molar-refractivity contribution in [1.82, 2.24) is 5.32 Å². The van der Waals surface area contributed by atoms with Crippen LogP contribution in [0.15, 0.2) is 42.5 Å². The highest BCUT2D eigenvalue weighted by Crippen LogP contribution is 2.23. The molecule has 23 heavy (non-hydrogen) atoms. The molecule has 0 radical (unpaired) electrons. The normalized spacial score (nSPS) is 13.3. The van der Waals surface area contributed by atoms with Gasteiger partial charge in [0, 0.05) is 5.02 Å². The predicted molar refractivity (Wildman–Crippen MR) is 86.3 cm³/mol. The van der Waals surface area contributed by atoms with Gasteiger partial charge in [0.2, 0.25) is 0 Å². The monoisotopic (exact) mass is 337 g/mol. The smallest absolute Gasteiger partial charge is 0.255 e. The van der Waals surface area contributed by atoms with Crippen molar-refractivity contribution in [2.75, 3.05) is 7.11 Å². The Morgan fingerprint density at radius 1 is 1.26 bits per heavy atom. The van der Waals surface area contributed by atoms with Crippen LogP contribution in [0.4, 0.5) is 4.39 Å². The van der Waals surface area contributed by atoms with Gasteiger partial charge < -0.3 is 15.2 Å². The molecular formula is C17H17ClFNO3. The summed E-state index contributed by atoms with van der Waals surface area (Å²) in [6, 6.07) is 9.58. The van der Waals surface area contributed by atoms with Gasteiger partial charge in [-0.3, -0.25) is 4.79 Å². The molecule has 2 rings (SSSR count). The van der Waals surface area contributed by atoms with Crippen molar-refractivity contribution >= 4 is 17.5 Å². The van der Waals surface area contributed by atoms with Crippen LogP contribution >= 0.6 is 11.6 Å². The first-order chi connectivity index (χ1) is 10.9. The van der Waals surface area contributed by atoms with Gasteiger partial charge in [-0.25, -0.2) is 4.39 Å². The van der Waals surface area contributed by atoms with E-state index in [1.807, 2.05) is 0 Å². The fourth-order valence-electron chi connectivity index (χ4n) is 2.17. The summed E-state index contributed by atoms with van der Waals surface area (Å²) in [5.41, 5.74) is 0.787. The van der Waals surface area contributed by atoms with Gasteiger partial charge in [-0.05, 0) is 42.8 Å². The lowest BCUT2D eigenvalue weighted by molar-refractivity contribution is 0.0849. The van der Waals surface area contributed by atoms with Crippen LogP contribution in [-0.4, -0.2) is 24.2 Å². The van der Waals surface area contributed by atoms with Crippen LogP contribution < -0.4 is 10.1 Å². The number of aliphatic hydroxyl groups is 1. The quantitative estimate of drug-likeness (QED) is 0.879. The number of hydrogen-bond acceptors (Lipinski definition) is 3. The van der Waals surface area contributed by atoms with E-state index >= 15 is 0 Å². The van der Waals surface area contributed by atoms with E-state index in [0.29, 0.717) is 16.3 Å². The molecule has 2 unspecified atom stereocenters. The number of rotatable bonds is 5. The molecule has 6 heteroatoms. The Hall–Kier alpha value is -2.11. The minimum Gasteiger partial charge on any atom is -0.496 e. The van der Waals surface area contributed by atoms with Crippen LogP contribution in [0.2, 0.25) is 5.02 Å². The van der Waals surface area contributed by atoms with Gasteiger partial charge in [0.25, 0.3) is 5.91 Å². The summed E-state index contributed by atoms with van der Waals surface area (Å²) in [5, 5.41) is 13.4. The zero-order valence-electron chi connectivity index (χ0n) is 12.7. The Morgan fingerprint density at radius 2 is 1.91 bits per heavy atom. The first-order valence-corrected chi connectivity index (χ1v) is 7.38. The van der Waals surface area contributed by atoms with E-state index in [1.165, 1.54) is 37.4 Å². The minimum atomic E-state index is -0.968. The van der Waals surface area contributed by atoms with Crippen molar-refractivity contribution in [3.8, 4) is 5.75 Å². The maximum atomic E-state index is 12.9. The van der Waals surface area contributed by atoms with E-state index in [1.54, 1.807) is 19.1 Å². The highest BCUT2D eigenvalue weighted by atomic mass is 35.5. The molecule has 122 valence electrons. The van der Waals surface area contributed by atoms with E-state index in [2.05, 4.69) is 5.32 Å². The van der Waals surface area contributed by atoms with Gasteiger partial charge >= 0.3 is 0 Å². The first kappa shape index (κ1) is 17.2. The molecule has 2 N–H and O–H groups in total. The summed E-state index contributed by atoms with van der Waals surface area (Å²) in [6.45, 7) is 1.66. The highest BCUT2D eigenvalue weighted by Gasteiger charge is 2.21. The molecule has 0 aliphatic heterocycles. The van der Waals surface area contributed by atoms with Crippen molar-refractivity contribution in [1.29, 1.82) is 0 Å². The maximum Gasteiger partial charge on any atom is 0.255 e. The molecule has 2 aromatic rings. The van der Waals surface area contributed by atoms with Crippen LogP contribution in [0.3, 0.4) is 0 Å². The molecule has 0 aliphatic rings. The first-order valence-electron chi connectivity index (χ1n) is 7.00. The number of nitrogens with one attached hydrogen (secondary N) is 1. The minimum absolute atomic E-state index is 0.276. The Morgan fingerprint density at radius 3 is 2.52 bits per heavy atom. The Balaban J connectivity index is 2.13. The highest BCUT2D eigenvalue weighted by molar-refractivity contribution is 6.31. The zero-order chi connectivity index (χ0) is 17.0. The van der Waals surface area contributed by atoms with Gasteiger partial charge in [-0.2, -0.15) is 0 Å². The van der Waals surface area contributed by atoms with Crippen molar-refractivity contribution in [2.24, 2.45) is 0 Å². The molecular weight excluding hydrogens is 321 g/mol. The van der Waals surface area contributed by atoms with Gasteiger partial charge in [0.05, 0.1) is 24.8 Å². The van der Waals surface area contributed by atoms with E-state index in [4.69, 9.17) is 16.3 Å². The average molecular weight is 338 g/mol. The summed E-state index contributed by atoms with van der Waals surface area (Å²) in [7, 11) is 1.46. The van der Waals surface area contributed by atoms with Crippen LogP contribution in [0.1, 0.15) is 28.9 Å². The molecule has 0 aliphatic carbocycles. The third kappa shape index (κ3) is 4.21. The predicted octanol–water partition coefficient (Wildman–Crippen LogP) is 3.34. The largest absolute Gasteiger partial charge is 0.496 e. The topological polar surface area (TPSA) is 58.6 Å². The van der Waals surface area contributed by atoms with Crippen molar-refractivity contribution in [3.63, 3.8) is 0 Å². The third-order valence-electron chi connectivity index (χ3n) is 3.45. The number of benzene rings is 2. The lowest BCUT2D eigenvalue weighted by atomic mass is 10.0. The number of ether oxygens (including phenoxy) is 1. The lowest BCUT2D eigenvalue weighted by Gasteiger charge is -2.21. The number of amides is 1. The van der Waals surface area contributed by atoms with E-state index in [-0.39, 0.29) is 11.4 Å². The summed E-state index contributed by atoms with van der Waals surface area (Å²) < 4.78 is 18.1. The second-order valence-electron chi connectivity index (χ2n) is 5.10. The van der Waals surface area contributed by atoms with Gasteiger partial charge in [0.15, 0.2) is 0 Å². The second kappa shape index (κ2) is 7.44. The van der Waals surface area contributed by atoms with Gasteiger partial charge in [-0.1, -0.05) is 23.7 Å². The number of halogens is 2. The maximum absolute atomic E-state index is 12.9. The number of carbonyl (C=O) groups is 1. The molecule has 0 heterocycles. The summed E-state index contributed by atoms with van der Waals surface area (Å²) in [6.07, 6.45) is -0.968. The summed E-state index contributed by atoms with van der Waals surface area (Å²) in [5.74, 6) is -0.422. The molecule has 0 spiro atoms. The molecule has 0 fully saturated rings. The summed E-state index contributed by atoms with van der Waals surface area (Å²) >= 11 is 5.91. The second-order valence-corrected chi connectivity index (χ2v) is 5.54. The van der Waals surface area contributed by atoms with Gasteiger partial charge in [-0.15, -0.1) is 0 Å². The number of methoxy groups -OCH3 is 1.